The van der Waals surface area contributed by atoms with Crippen LogP contribution in [0.2, 0.25) is 0 Å². The Kier molecular flexibility index (Phi) is 5.57. The van der Waals surface area contributed by atoms with Crippen molar-refractivity contribution in [3.8, 4) is 16.9 Å². The van der Waals surface area contributed by atoms with Crippen molar-refractivity contribution in [2.24, 2.45) is 0 Å². The van der Waals surface area contributed by atoms with Gasteiger partial charge in [-0.05, 0) is 13.3 Å². The molecule has 2 aliphatic carbocycles. The Hall–Kier alpha value is -2.56. The van der Waals surface area contributed by atoms with Crippen molar-refractivity contribution in [2.75, 3.05) is 20.3 Å². The number of rotatable bonds is 6. The minimum atomic E-state index is -0.542. The van der Waals surface area contributed by atoms with Crippen LogP contribution in [-0.2, 0) is 9.47 Å². The fourth-order valence-corrected chi connectivity index (χ4v) is 2.42. The quantitative estimate of drug-likeness (QED) is 0.763. The van der Waals surface area contributed by atoms with Crippen molar-refractivity contribution in [3.05, 3.63) is 41.5 Å². The molecule has 2 rings (SSSR count). The zero-order valence-corrected chi connectivity index (χ0v) is 13.5. The highest BCUT2D eigenvalue weighted by atomic mass is 16.5. The summed E-state index contributed by atoms with van der Waals surface area (Å²) in [6.45, 7) is 4.34. The highest BCUT2D eigenvalue weighted by Gasteiger charge is 2.33. The first-order valence-electron chi connectivity index (χ1n) is 7.58. The van der Waals surface area contributed by atoms with Crippen LogP contribution >= 0.6 is 0 Å². The van der Waals surface area contributed by atoms with Gasteiger partial charge in [0.05, 0.1) is 20.3 Å². The Bertz CT molecular complexity index is 677. The highest BCUT2D eigenvalue weighted by Crippen LogP contribution is 2.42. The van der Waals surface area contributed by atoms with Gasteiger partial charge in [0.15, 0.2) is 0 Å². The van der Waals surface area contributed by atoms with Gasteiger partial charge >= 0.3 is 11.9 Å². The van der Waals surface area contributed by atoms with Crippen molar-refractivity contribution in [2.45, 2.75) is 20.3 Å². The number of hydrogen-bond donors (Lipinski definition) is 0. The van der Waals surface area contributed by atoms with Crippen molar-refractivity contribution in [1.29, 1.82) is 0 Å². The standard InChI is InChI=1S/C18H20O5/c1-4-11-23-18(20)15-13-10-8-6-7-9-12(13)14(17(19)21-3)16(15)22-5-2/h6-10H,4-5,11H2,1-3H3. The Balaban J connectivity index is 2.71. The first kappa shape index (κ1) is 16.8. The normalized spacial score (nSPS) is 10.4. The molecule has 0 bridgehead atoms. The van der Waals surface area contributed by atoms with Gasteiger partial charge in [0.2, 0.25) is 0 Å². The van der Waals surface area contributed by atoms with Crippen LogP contribution in [0.3, 0.4) is 0 Å². The van der Waals surface area contributed by atoms with Gasteiger partial charge in [-0.1, -0.05) is 37.3 Å². The van der Waals surface area contributed by atoms with E-state index in [1.807, 2.05) is 13.0 Å². The summed E-state index contributed by atoms with van der Waals surface area (Å²) >= 11 is 0. The van der Waals surface area contributed by atoms with Crippen LogP contribution in [-0.4, -0.2) is 32.3 Å². The molecule has 5 heteroatoms. The predicted octanol–water partition coefficient (Wildman–Crippen LogP) is 3.54. The number of ether oxygens (including phenoxy) is 3. The average Bonchev–Trinajstić information content (AvgIpc) is 2.70. The van der Waals surface area contributed by atoms with Gasteiger partial charge in [-0.15, -0.1) is 0 Å². The summed E-state index contributed by atoms with van der Waals surface area (Å²) in [7, 11) is 1.30. The lowest BCUT2D eigenvalue weighted by Crippen LogP contribution is -2.09. The summed E-state index contributed by atoms with van der Waals surface area (Å²) in [6, 6.07) is 8.96. The second-order valence-corrected chi connectivity index (χ2v) is 4.88. The number of carbonyl (C=O) groups excluding carboxylic acids is 2. The van der Waals surface area contributed by atoms with Crippen LogP contribution in [0, 0.1) is 0 Å². The summed E-state index contributed by atoms with van der Waals surface area (Å²) < 4.78 is 15.7. The minimum Gasteiger partial charge on any atom is -0.492 e. The van der Waals surface area contributed by atoms with Gasteiger partial charge in [0, 0.05) is 11.1 Å². The fourth-order valence-electron chi connectivity index (χ4n) is 2.42. The lowest BCUT2D eigenvalue weighted by atomic mass is 10.1. The van der Waals surface area contributed by atoms with Gasteiger partial charge in [0.25, 0.3) is 0 Å². The number of hydrogen-bond acceptors (Lipinski definition) is 5. The molecule has 0 aromatic rings. The van der Waals surface area contributed by atoms with Crippen LogP contribution in [0.15, 0.2) is 30.3 Å². The lowest BCUT2D eigenvalue weighted by molar-refractivity contribution is 0.0502. The van der Waals surface area contributed by atoms with Gasteiger partial charge < -0.3 is 14.2 Å². The molecule has 5 nitrogen and oxygen atoms in total. The molecule has 0 aliphatic heterocycles. The topological polar surface area (TPSA) is 61.8 Å². The average molecular weight is 316 g/mol. The Morgan fingerprint density at radius 3 is 2.09 bits per heavy atom. The Labute approximate surface area is 135 Å². The summed E-state index contributed by atoms with van der Waals surface area (Å²) in [5, 5.41) is 0. The van der Waals surface area contributed by atoms with Crippen molar-refractivity contribution in [3.63, 3.8) is 0 Å². The van der Waals surface area contributed by atoms with E-state index in [-0.39, 0.29) is 16.9 Å². The summed E-state index contributed by atoms with van der Waals surface area (Å²) in [6.07, 6.45) is 0.714. The van der Waals surface area contributed by atoms with E-state index >= 15 is 0 Å². The maximum atomic E-state index is 12.5. The molecule has 0 aromatic carbocycles. The zero-order valence-electron chi connectivity index (χ0n) is 13.5. The second kappa shape index (κ2) is 7.63. The molecule has 122 valence electrons. The lowest BCUT2D eigenvalue weighted by Gasteiger charge is -2.08. The molecular weight excluding hydrogens is 296 g/mol. The minimum absolute atomic E-state index is 0.224. The Morgan fingerprint density at radius 2 is 1.57 bits per heavy atom. The van der Waals surface area contributed by atoms with Crippen LogP contribution in [0.4, 0.5) is 0 Å². The molecule has 0 amide bonds. The molecule has 0 saturated carbocycles. The molecular formula is C18H20O5. The molecule has 0 fully saturated rings. The number of esters is 2. The zero-order chi connectivity index (χ0) is 16.8. The van der Waals surface area contributed by atoms with E-state index in [9.17, 15) is 9.59 Å². The van der Waals surface area contributed by atoms with Gasteiger partial charge in [-0.3, -0.25) is 0 Å². The van der Waals surface area contributed by atoms with Crippen LogP contribution in [0.1, 0.15) is 41.0 Å². The van der Waals surface area contributed by atoms with Gasteiger partial charge in [-0.2, -0.15) is 0 Å². The fraction of sp³-hybridized carbons (Fsp3) is 0.333. The third kappa shape index (κ3) is 3.28. The molecule has 0 heterocycles. The van der Waals surface area contributed by atoms with Gasteiger partial charge in [-0.25, -0.2) is 9.59 Å². The largest absolute Gasteiger partial charge is 0.492 e. The van der Waals surface area contributed by atoms with Crippen LogP contribution < -0.4 is 4.74 Å². The SMILES string of the molecule is CCCOC(=O)c1c2cccccc-2c(C(=O)OC)c1OCC. The molecule has 0 unspecified atom stereocenters. The maximum Gasteiger partial charge on any atom is 0.342 e. The third-order valence-electron chi connectivity index (χ3n) is 3.35. The molecule has 0 atom stereocenters. The molecule has 2 aliphatic rings. The molecule has 0 N–H and O–H groups in total. The smallest absolute Gasteiger partial charge is 0.342 e. The molecule has 0 spiro atoms. The third-order valence-corrected chi connectivity index (χ3v) is 3.35. The maximum absolute atomic E-state index is 12.5. The number of carbonyl (C=O) groups is 2. The first-order chi connectivity index (χ1) is 11.2. The predicted molar refractivity (Wildman–Crippen MR) is 86.1 cm³/mol. The molecule has 0 saturated heterocycles. The summed E-state index contributed by atoms with van der Waals surface area (Å²) in [4.78, 5) is 24.7. The monoisotopic (exact) mass is 316 g/mol. The molecule has 0 radical (unpaired) electrons. The Morgan fingerprint density at radius 1 is 0.957 bits per heavy atom. The van der Waals surface area contributed by atoms with E-state index < -0.39 is 11.9 Å². The first-order valence-corrected chi connectivity index (χ1v) is 7.58. The van der Waals surface area contributed by atoms with E-state index in [0.717, 1.165) is 0 Å². The molecule has 23 heavy (non-hydrogen) atoms. The van der Waals surface area contributed by atoms with E-state index in [0.29, 0.717) is 30.8 Å². The van der Waals surface area contributed by atoms with E-state index in [4.69, 9.17) is 14.2 Å². The van der Waals surface area contributed by atoms with Crippen LogP contribution in [0.25, 0.3) is 11.1 Å². The van der Waals surface area contributed by atoms with Crippen molar-refractivity contribution >= 4 is 11.9 Å². The van der Waals surface area contributed by atoms with Crippen molar-refractivity contribution < 1.29 is 23.8 Å². The number of fused-ring (bicyclic) bond motifs is 1. The van der Waals surface area contributed by atoms with E-state index in [1.54, 1.807) is 31.2 Å². The van der Waals surface area contributed by atoms with Crippen molar-refractivity contribution in [1.82, 2.24) is 0 Å². The highest BCUT2D eigenvalue weighted by molar-refractivity contribution is 6.12. The summed E-state index contributed by atoms with van der Waals surface area (Å²) in [5.74, 6) is -0.817. The molecule has 0 aromatic heterocycles. The van der Waals surface area contributed by atoms with Crippen LogP contribution in [0.5, 0.6) is 5.75 Å². The second-order valence-electron chi connectivity index (χ2n) is 4.88. The van der Waals surface area contributed by atoms with E-state index in [1.165, 1.54) is 7.11 Å². The number of methoxy groups -OCH3 is 1. The summed E-state index contributed by atoms with van der Waals surface area (Å²) in [5.41, 5.74) is 1.74. The van der Waals surface area contributed by atoms with Gasteiger partial charge in [0.1, 0.15) is 16.9 Å². The van der Waals surface area contributed by atoms with E-state index in [2.05, 4.69) is 0 Å².